The normalized spacial score (nSPS) is 48.3. The van der Waals surface area contributed by atoms with Crippen molar-refractivity contribution in [1.29, 1.82) is 0 Å². The van der Waals surface area contributed by atoms with Gasteiger partial charge in [-0.25, -0.2) is 9.59 Å². The fraction of sp³-hybridized carbons (Fsp3) is 0.600. The number of rotatable bonds is 1. The van der Waals surface area contributed by atoms with Crippen LogP contribution in [0, 0.1) is 23.2 Å². The first-order chi connectivity index (χ1) is 9.44. The lowest BCUT2D eigenvalue weighted by Gasteiger charge is -2.43. The monoisotopic (exact) mass is 276 g/mol. The van der Waals surface area contributed by atoms with Crippen LogP contribution < -0.4 is 0 Å². The summed E-state index contributed by atoms with van der Waals surface area (Å²) in [6, 6.07) is 0. The SMILES string of the molecule is CC1=C[C@@]23[C@H](C=C(C(=O)O)[C@@H]2COC(=O)[C@]32CO2)[C@@H]1C. The average Bonchev–Trinajstić information content (AvgIpc) is 3.07. The van der Waals surface area contributed by atoms with Gasteiger partial charge in [-0.3, -0.25) is 0 Å². The van der Waals surface area contributed by atoms with Crippen molar-refractivity contribution < 1.29 is 24.2 Å². The molecule has 2 saturated heterocycles. The van der Waals surface area contributed by atoms with Crippen LogP contribution in [0.5, 0.6) is 0 Å². The van der Waals surface area contributed by atoms with Gasteiger partial charge in [0.15, 0.2) is 5.60 Å². The fourth-order valence-electron chi connectivity index (χ4n) is 4.49. The molecule has 0 radical (unpaired) electrons. The Balaban J connectivity index is 1.92. The van der Waals surface area contributed by atoms with E-state index < -0.39 is 17.0 Å². The van der Waals surface area contributed by atoms with Crippen molar-refractivity contribution in [3.63, 3.8) is 0 Å². The molecule has 2 heterocycles. The number of carbonyl (C=O) groups excluding carboxylic acids is 1. The molecule has 2 spiro atoms. The van der Waals surface area contributed by atoms with Gasteiger partial charge in [-0.05, 0) is 18.8 Å². The maximum atomic E-state index is 12.2. The van der Waals surface area contributed by atoms with Crippen LogP contribution in [-0.4, -0.2) is 35.9 Å². The molecule has 2 aliphatic carbocycles. The van der Waals surface area contributed by atoms with Crippen molar-refractivity contribution >= 4 is 11.9 Å². The van der Waals surface area contributed by atoms with E-state index in [1.807, 2.05) is 13.0 Å². The highest BCUT2D eigenvalue weighted by Gasteiger charge is 2.78. The number of epoxide rings is 1. The third-order valence-corrected chi connectivity index (χ3v) is 5.68. The minimum absolute atomic E-state index is 0.00829. The number of ether oxygens (including phenoxy) is 2. The summed E-state index contributed by atoms with van der Waals surface area (Å²) in [7, 11) is 0. The van der Waals surface area contributed by atoms with Crippen LogP contribution in [-0.2, 0) is 19.1 Å². The smallest absolute Gasteiger partial charge is 0.341 e. The first kappa shape index (κ1) is 12.1. The first-order valence-corrected chi connectivity index (χ1v) is 6.89. The Bertz CT molecular complexity index is 597. The van der Waals surface area contributed by atoms with Crippen molar-refractivity contribution in [2.75, 3.05) is 13.2 Å². The summed E-state index contributed by atoms with van der Waals surface area (Å²) in [5, 5.41) is 9.44. The van der Waals surface area contributed by atoms with E-state index >= 15 is 0 Å². The number of aliphatic carboxylic acids is 1. The Hall–Kier alpha value is -1.62. The van der Waals surface area contributed by atoms with Gasteiger partial charge in [-0.15, -0.1) is 0 Å². The summed E-state index contributed by atoms with van der Waals surface area (Å²) < 4.78 is 10.8. The number of carboxylic acids is 1. The highest BCUT2D eigenvalue weighted by Crippen LogP contribution is 2.68. The molecule has 0 amide bonds. The lowest BCUT2D eigenvalue weighted by atomic mass is 9.61. The first-order valence-electron chi connectivity index (χ1n) is 6.89. The third kappa shape index (κ3) is 1.06. The van der Waals surface area contributed by atoms with Gasteiger partial charge in [0.25, 0.3) is 0 Å². The summed E-state index contributed by atoms with van der Waals surface area (Å²) in [6.45, 7) is 4.59. The molecule has 2 fully saturated rings. The van der Waals surface area contributed by atoms with Crippen LogP contribution in [0.4, 0.5) is 0 Å². The maximum absolute atomic E-state index is 12.2. The van der Waals surface area contributed by atoms with Gasteiger partial charge in [0.2, 0.25) is 0 Å². The van der Waals surface area contributed by atoms with Crippen LogP contribution in [0.2, 0.25) is 0 Å². The van der Waals surface area contributed by atoms with E-state index in [4.69, 9.17) is 9.47 Å². The fourth-order valence-corrected chi connectivity index (χ4v) is 4.49. The highest BCUT2D eigenvalue weighted by molar-refractivity contribution is 5.92. The van der Waals surface area contributed by atoms with E-state index in [0.29, 0.717) is 12.2 Å². The zero-order chi connectivity index (χ0) is 14.3. The Morgan fingerprint density at radius 2 is 2.20 bits per heavy atom. The molecule has 1 N–H and O–H groups in total. The number of esters is 1. The van der Waals surface area contributed by atoms with Gasteiger partial charge >= 0.3 is 11.9 Å². The summed E-state index contributed by atoms with van der Waals surface area (Å²) >= 11 is 0. The molecule has 5 nitrogen and oxygen atoms in total. The number of hydrogen-bond donors (Lipinski definition) is 1. The molecule has 20 heavy (non-hydrogen) atoms. The second-order valence-electron chi connectivity index (χ2n) is 6.33. The van der Waals surface area contributed by atoms with Gasteiger partial charge in [0.05, 0.1) is 13.2 Å². The minimum atomic E-state index is -0.958. The predicted molar refractivity (Wildman–Crippen MR) is 67.7 cm³/mol. The lowest BCUT2D eigenvalue weighted by molar-refractivity contribution is -0.170. The molecular weight excluding hydrogens is 260 g/mol. The molecule has 0 aromatic rings. The van der Waals surface area contributed by atoms with Gasteiger partial charge in [-0.2, -0.15) is 0 Å². The van der Waals surface area contributed by atoms with Crippen molar-refractivity contribution in [3.05, 3.63) is 23.3 Å². The Morgan fingerprint density at radius 3 is 2.80 bits per heavy atom. The number of cyclic esters (lactones) is 1. The van der Waals surface area contributed by atoms with Gasteiger partial charge in [-0.1, -0.05) is 24.6 Å². The second kappa shape index (κ2) is 3.34. The summed E-state index contributed by atoms with van der Waals surface area (Å²) in [5.74, 6) is -1.33. The molecule has 0 aromatic carbocycles. The summed E-state index contributed by atoms with van der Waals surface area (Å²) in [4.78, 5) is 23.7. The molecule has 0 saturated carbocycles. The molecule has 0 unspecified atom stereocenters. The number of carboxylic acid groups (broad SMARTS) is 1. The molecular formula is C15H16O5. The van der Waals surface area contributed by atoms with E-state index in [2.05, 4.69) is 13.0 Å². The average molecular weight is 276 g/mol. The molecule has 2 aliphatic heterocycles. The third-order valence-electron chi connectivity index (χ3n) is 5.68. The van der Waals surface area contributed by atoms with Crippen LogP contribution in [0.25, 0.3) is 0 Å². The van der Waals surface area contributed by atoms with Crippen LogP contribution in [0.1, 0.15) is 13.8 Å². The molecule has 4 rings (SSSR count). The molecule has 4 aliphatic rings. The maximum Gasteiger partial charge on any atom is 0.341 e. The van der Waals surface area contributed by atoms with Crippen LogP contribution in [0.3, 0.4) is 0 Å². The van der Waals surface area contributed by atoms with Crippen molar-refractivity contribution in [2.45, 2.75) is 19.4 Å². The van der Waals surface area contributed by atoms with E-state index in [1.54, 1.807) is 0 Å². The predicted octanol–water partition coefficient (Wildman–Crippen LogP) is 1.15. The number of allylic oxidation sites excluding steroid dienone is 2. The Labute approximate surface area is 116 Å². The van der Waals surface area contributed by atoms with Crippen molar-refractivity contribution in [3.8, 4) is 0 Å². The lowest BCUT2D eigenvalue weighted by Crippen LogP contribution is -2.56. The van der Waals surface area contributed by atoms with Gasteiger partial charge < -0.3 is 14.6 Å². The van der Waals surface area contributed by atoms with Crippen molar-refractivity contribution in [1.82, 2.24) is 0 Å². The summed E-state index contributed by atoms with van der Waals surface area (Å²) in [6.07, 6.45) is 3.92. The molecule has 5 heteroatoms. The molecule has 5 atom stereocenters. The standard InChI is InChI=1S/C15H16O5/c1-7-4-14-10(8(7)2)3-9(12(16)17)11(14)5-19-13(18)15(14)6-20-15/h3-4,8,10-11H,5-6H2,1-2H3,(H,16,17)/t8-,10-,11+,14-,15-/m1/s1. The Morgan fingerprint density at radius 1 is 1.50 bits per heavy atom. The summed E-state index contributed by atoms with van der Waals surface area (Å²) in [5.41, 5.74) is 0.0538. The highest BCUT2D eigenvalue weighted by atomic mass is 16.6. The van der Waals surface area contributed by atoms with E-state index in [-0.39, 0.29) is 30.3 Å². The zero-order valence-electron chi connectivity index (χ0n) is 11.4. The largest absolute Gasteiger partial charge is 0.478 e. The van der Waals surface area contributed by atoms with Crippen LogP contribution >= 0.6 is 0 Å². The van der Waals surface area contributed by atoms with Gasteiger partial charge in [0, 0.05) is 16.9 Å². The molecule has 0 aromatic heterocycles. The number of hydrogen-bond acceptors (Lipinski definition) is 4. The van der Waals surface area contributed by atoms with Crippen molar-refractivity contribution in [2.24, 2.45) is 23.2 Å². The van der Waals surface area contributed by atoms with E-state index in [9.17, 15) is 14.7 Å². The molecule has 0 bridgehead atoms. The van der Waals surface area contributed by atoms with E-state index in [1.165, 1.54) is 5.57 Å². The minimum Gasteiger partial charge on any atom is -0.478 e. The molecule has 106 valence electrons. The van der Waals surface area contributed by atoms with Crippen LogP contribution in [0.15, 0.2) is 23.3 Å². The quantitative estimate of drug-likeness (QED) is 0.442. The topological polar surface area (TPSA) is 76.1 Å². The second-order valence-corrected chi connectivity index (χ2v) is 6.33. The van der Waals surface area contributed by atoms with Gasteiger partial charge in [0.1, 0.15) is 0 Å². The zero-order valence-corrected chi connectivity index (χ0v) is 11.4. The Kier molecular flexibility index (Phi) is 2.03. The van der Waals surface area contributed by atoms with E-state index in [0.717, 1.165) is 0 Å². The number of carbonyl (C=O) groups is 2.